The molecule has 3 rings (SSSR count). The van der Waals surface area contributed by atoms with E-state index in [0.717, 1.165) is 5.56 Å². The quantitative estimate of drug-likeness (QED) is 0.790. The van der Waals surface area contributed by atoms with Gasteiger partial charge in [0.05, 0.1) is 10.9 Å². The molecular formula is C17H11ClN2O2. The van der Waals surface area contributed by atoms with E-state index in [1.807, 2.05) is 22.8 Å². The molecule has 0 saturated heterocycles. The molecule has 5 heteroatoms. The van der Waals surface area contributed by atoms with Crippen molar-refractivity contribution in [1.82, 2.24) is 4.57 Å². The first-order chi connectivity index (χ1) is 10.6. The number of nitriles is 1. The fourth-order valence-electron chi connectivity index (χ4n) is 2.38. The molecule has 0 bridgehead atoms. The summed E-state index contributed by atoms with van der Waals surface area (Å²) in [5.41, 5.74) is 1.33. The van der Waals surface area contributed by atoms with Crippen molar-refractivity contribution in [3.8, 4) is 11.8 Å². The number of aromatic hydroxyl groups is 1. The monoisotopic (exact) mass is 310 g/mol. The number of phenolic OH excluding ortho intramolecular Hbond substituents is 1. The van der Waals surface area contributed by atoms with Crippen molar-refractivity contribution < 1.29 is 5.11 Å². The van der Waals surface area contributed by atoms with E-state index in [2.05, 4.69) is 0 Å². The van der Waals surface area contributed by atoms with Gasteiger partial charge in [0, 0.05) is 17.8 Å². The zero-order valence-electron chi connectivity index (χ0n) is 11.5. The molecule has 0 aliphatic heterocycles. The third-order valence-electron chi connectivity index (χ3n) is 3.45. The number of benzene rings is 2. The lowest BCUT2D eigenvalue weighted by Gasteiger charge is -2.12. The van der Waals surface area contributed by atoms with E-state index >= 15 is 0 Å². The average Bonchev–Trinajstić information content (AvgIpc) is 2.52. The minimum Gasteiger partial charge on any atom is -0.508 e. The molecule has 4 nitrogen and oxygen atoms in total. The van der Waals surface area contributed by atoms with Gasteiger partial charge in [0.2, 0.25) is 5.43 Å². The number of phenols is 1. The van der Waals surface area contributed by atoms with Gasteiger partial charge >= 0.3 is 0 Å². The predicted octanol–water partition coefficient (Wildman–Crippen LogP) is 3.28. The maximum atomic E-state index is 12.2. The molecule has 0 aliphatic carbocycles. The highest BCUT2D eigenvalue weighted by molar-refractivity contribution is 6.30. The van der Waals surface area contributed by atoms with Gasteiger partial charge in [-0.3, -0.25) is 4.79 Å². The van der Waals surface area contributed by atoms with Crippen LogP contribution in [-0.4, -0.2) is 9.67 Å². The van der Waals surface area contributed by atoms with Crippen LogP contribution < -0.4 is 5.43 Å². The van der Waals surface area contributed by atoms with Gasteiger partial charge in [-0.25, -0.2) is 0 Å². The van der Waals surface area contributed by atoms with E-state index in [1.165, 1.54) is 18.3 Å². The van der Waals surface area contributed by atoms with Gasteiger partial charge in [0.1, 0.15) is 17.4 Å². The summed E-state index contributed by atoms with van der Waals surface area (Å²) in [6.45, 7) is 0.493. The first-order valence-corrected chi connectivity index (χ1v) is 6.97. The van der Waals surface area contributed by atoms with Gasteiger partial charge in [-0.05, 0) is 35.9 Å². The fourth-order valence-corrected chi connectivity index (χ4v) is 2.51. The topological polar surface area (TPSA) is 66.0 Å². The number of halogens is 1. The van der Waals surface area contributed by atoms with Crippen LogP contribution in [0.3, 0.4) is 0 Å². The second-order valence-electron chi connectivity index (χ2n) is 4.94. The number of fused-ring (bicyclic) bond motifs is 1. The van der Waals surface area contributed by atoms with E-state index in [4.69, 9.17) is 16.9 Å². The third kappa shape index (κ3) is 2.54. The average molecular weight is 311 g/mol. The molecule has 3 aromatic rings. The number of nitrogens with zero attached hydrogens (tertiary/aromatic N) is 2. The van der Waals surface area contributed by atoms with Gasteiger partial charge in [-0.1, -0.05) is 23.7 Å². The Morgan fingerprint density at radius 3 is 2.59 bits per heavy atom. The number of hydrogen-bond acceptors (Lipinski definition) is 3. The smallest absolute Gasteiger partial charge is 0.207 e. The van der Waals surface area contributed by atoms with Crippen molar-refractivity contribution in [2.24, 2.45) is 0 Å². The van der Waals surface area contributed by atoms with Crippen LogP contribution in [0, 0.1) is 11.3 Å². The van der Waals surface area contributed by atoms with Gasteiger partial charge in [-0.15, -0.1) is 0 Å². The van der Waals surface area contributed by atoms with E-state index in [9.17, 15) is 9.90 Å². The molecule has 0 spiro atoms. The second-order valence-corrected chi connectivity index (χ2v) is 5.38. The van der Waals surface area contributed by atoms with Crippen LogP contribution in [-0.2, 0) is 6.54 Å². The second kappa shape index (κ2) is 5.55. The van der Waals surface area contributed by atoms with Gasteiger partial charge < -0.3 is 9.67 Å². The summed E-state index contributed by atoms with van der Waals surface area (Å²) in [5, 5.41) is 19.7. The lowest BCUT2D eigenvalue weighted by molar-refractivity contribution is 0.476. The number of aromatic nitrogens is 1. The summed E-state index contributed by atoms with van der Waals surface area (Å²) in [4.78, 5) is 12.2. The van der Waals surface area contributed by atoms with Crippen LogP contribution in [0.2, 0.25) is 5.02 Å². The molecule has 0 atom stereocenters. The zero-order chi connectivity index (χ0) is 15.7. The summed E-state index contributed by atoms with van der Waals surface area (Å²) < 4.78 is 1.82. The van der Waals surface area contributed by atoms with Crippen molar-refractivity contribution in [2.75, 3.05) is 0 Å². The molecule has 0 saturated carbocycles. The van der Waals surface area contributed by atoms with E-state index < -0.39 is 0 Å². The van der Waals surface area contributed by atoms with E-state index in [0.29, 0.717) is 22.5 Å². The molecule has 22 heavy (non-hydrogen) atoms. The van der Waals surface area contributed by atoms with Crippen molar-refractivity contribution >= 4 is 22.5 Å². The fraction of sp³-hybridized carbons (Fsp3) is 0.0588. The Morgan fingerprint density at radius 1 is 1.18 bits per heavy atom. The van der Waals surface area contributed by atoms with E-state index in [-0.39, 0.29) is 16.7 Å². The predicted molar refractivity (Wildman–Crippen MR) is 85.1 cm³/mol. The summed E-state index contributed by atoms with van der Waals surface area (Å²) in [6.07, 6.45) is 1.54. The highest BCUT2D eigenvalue weighted by Crippen LogP contribution is 2.19. The van der Waals surface area contributed by atoms with Gasteiger partial charge in [0.25, 0.3) is 0 Å². The molecule has 2 aromatic carbocycles. The molecule has 1 aromatic heterocycles. The molecule has 108 valence electrons. The highest BCUT2D eigenvalue weighted by Gasteiger charge is 2.10. The first-order valence-electron chi connectivity index (χ1n) is 6.59. The summed E-state index contributed by atoms with van der Waals surface area (Å²) >= 11 is 5.88. The van der Waals surface area contributed by atoms with Crippen molar-refractivity contribution in [3.05, 3.63) is 75.0 Å². The molecule has 0 radical (unpaired) electrons. The lowest BCUT2D eigenvalue weighted by Crippen LogP contribution is -2.13. The largest absolute Gasteiger partial charge is 0.508 e. The van der Waals surface area contributed by atoms with E-state index in [1.54, 1.807) is 18.2 Å². The summed E-state index contributed by atoms with van der Waals surface area (Å²) in [7, 11) is 0. The van der Waals surface area contributed by atoms with Crippen LogP contribution in [0.25, 0.3) is 10.9 Å². The molecule has 0 fully saturated rings. The van der Waals surface area contributed by atoms with Crippen LogP contribution in [0.1, 0.15) is 11.1 Å². The maximum absolute atomic E-state index is 12.2. The normalized spacial score (nSPS) is 10.5. The number of hydrogen-bond donors (Lipinski definition) is 1. The Balaban J connectivity index is 2.20. The Labute approximate surface area is 131 Å². The van der Waals surface area contributed by atoms with Crippen LogP contribution in [0.15, 0.2) is 53.5 Å². The van der Waals surface area contributed by atoms with Crippen LogP contribution in [0.5, 0.6) is 5.75 Å². The Bertz CT molecular complexity index is 953. The van der Waals surface area contributed by atoms with Crippen molar-refractivity contribution in [3.63, 3.8) is 0 Å². The Kier molecular flexibility index (Phi) is 3.58. The number of pyridine rings is 1. The van der Waals surface area contributed by atoms with Crippen molar-refractivity contribution in [2.45, 2.75) is 6.54 Å². The molecule has 1 heterocycles. The molecule has 0 unspecified atom stereocenters. The maximum Gasteiger partial charge on any atom is 0.207 e. The highest BCUT2D eigenvalue weighted by atomic mass is 35.5. The summed E-state index contributed by atoms with van der Waals surface area (Å²) in [6, 6.07) is 13.8. The minimum atomic E-state index is -0.374. The Hall–Kier alpha value is -2.77. The van der Waals surface area contributed by atoms with Gasteiger partial charge in [0.15, 0.2) is 0 Å². The Morgan fingerprint density at radius 2 is 1.91 bits per heavy atom. The third-order valence-corrected chi connectivity index (χ3v) is 3.70. The number of rotatable bonds is 2. The molecule has 0 amide bonds. The molecular weight excluding hydrogens is 300 g/mol. The summed E-state index contributed by atoms with van der Waals surface area (Å²) in [5.74, 6) is -0.00210. The van der Waals surface area contributed by atoms with Crippen molar-refractivity contribution in [1.29, 1.82) is 5.26 Å². The molecule has 1 N–H and O–H groups in total. The van der Waals surface area contributed by atoms with Gasteiger partial charge in [-0.2, -0.15) is 5.26 Å². The standard InChI is InChI=1S/C17H11ClN2O2/c18-13-3-1-11(2-4-13)9-20-10-12(8-19)17(22)15-7-14(21)5-6-16(15)20/h1-7,10,21H,9H2. The first kappa shape index (κ1) is 14.2. The SMILES string of the molecule is N#Cc1cn(Cc2ccc(Cl)cc2)c2ccc(O)cc2c1=O. The molecule has 0 aliphatic rings. The minimum absolute atomic E-state index is 0.00210. The lowest BCUT2D eigenvalue weighted by atomic mass is 10.1. The van der Waals surface area contributed by atoms with Crippen LogP contribution in [0.4, 0.5) is 0 Å². The van der Waals surface area contributed by atoms with Crippen LogP contribution >= 0.6 is 11.6 Å². The zero-order valence-corrected chi connectivity index (χ0v) is 12.2.